The molecule has 0 bridgehead atoms. The van der Waals surface area contributed by atoms with E-state index in [9.17, 15) is 0 Å². The van der Waals surface area contributed by atoms with Crippen LogP contribution < -0.4 is 8.92 Å². The first-order chi connectivity index (χ1) is 15.7. The van der Waals surface area contributed by atoms with Crippen LogP contribution in [-0.4, -0.2) is 22.2 Å². The molecule has 0 spiro atoms. The summed E-state index contributed by atoms with van der Waals surface area (Å²) in [7, 11) is -1.41. The Hall–Kier alpha value is -2.20. The van der Waals surface area contributed by atoms with Crippen molar-refractivity contribution in [2.24, 2.45) is 0 Å². The number of nitrogens with zero attached hydrogens (tertiary/aromatic N) is 1. The molecule has 33 heavy (non-hydrogen) atoms. The largest absolute Gasteiger partial charge is 0.484 e. The lowest BCUT2D eigenvalue weighted by Gasteiger charge is -2.44. The molecule has 2 aromatic carbocycles. The fourth-order valence-electron chi connectivity index (χ4n) is 3.57. The van der Waals surface area contributed by atoms with Gasteiger partial charge in [0.05, 0.1) is 11.2 Å². The molecule has 1 aromatic heterocycles. The zero-order chi connectivity index (χ0) is 23.9. The van der Waals surface area contributed by atoms with Crippen LogP contribution in [0.2, 0.25) is 0 Å². The summed E-state index contributed by atoms with van der Waals surface area (Å²) in [6.45, 7) is 9.53. The Balaban J connectivity index is 2.03. The van der Waals surface area contributed by atoms with Gasteiger partial charge in [0.15, 0.2) is 11.5 Å². The van der Waals surface area contributed by atoms with Crippen LogP contribution in [0.15, 0.2) is 54.6 Å². The maximum atomic E-state index is 6.90. The van der Waals surface area contributed by atoms with E-state index < -0.39 is 10.3 Å². The smallest absolute Gasteiger partial charge is 0.198 e. The lowest BCUT2D eigenvalue weighted by molar-refractivity contribution is 0.300. The molecule has 4 heteroatoms. The maximum Gasteiger partial charge on any atom is 0.198 e. The van der Waals surface area contributed by atoms with E-state index in [-0.39, 0.29) is 4.75 Å². The molecule has 1 heterocycles. The molecule has 0 fully saturated rings. The molecule has 0 aliphatic rings. The minimum absolute atomic E-state index is 0.0355. The van der Waals surface area contributed by atoms with E-state index in [1.54, 1.807) is 0 Å². The number of aromatic nitrogens is 1. The second-order valence-electron chi connectivity index (χ2n) is 10.1. The average Bonchev–Trinajstić information content (AvgIpc) is 2.78. The van der Waals surface area contributed by atoms with Gasteiger partial charge in [0.25, 0.3) is 0 Å². The Bertz CT molecular complexity index is 1020. The summed E-state index contributed by atoms with van der Waals surface area (Å²) in [5, 5.41) is 1.02. The third kappa shape index (κ3) is 6.66. The van der Waals surface area contributed by atoms with Crippen LogP contribution >= 0.6 is 10.3 Å². The first-order valence-electron chi connectivity index (χ1n) is 12.2. The summed E-state index contributed by atoms with van der Waals surface area (Å²) < 4.78 is 13.5. The van der Waals surface area contributed by atoms with Crippen LogP contribution in [-0.2, 0) is 13.0 Å². The summed E-state index contributed by atoms with van der Waals surface area (Å²) in [6, 6.07) is 18.6. The summed E-state index contributed by atoms with van der Waals surface area (Å²) in [5.41, 5.74) is 3.14. The van der Waals surface area contributed by atoms with Gasteiger partial charge in [-0.05, 0) is 63.8 Å². The van der Waals surface area contributed by atoms with E-state index in [1.165, 1.54) is 25.7 Å². The van der Waals surface area contributed by atoms with Crippen LogP contribution in [0.1, 0.15) is 71.1 Å². The van der Waals surface area contributed by atoms with Gasteiger partial charge in [-0.25, -0.2) is 4.98 Å². The lowest BCUT2D eigenvalue weighted by Crippen LogP contribution is -2.27. The SMILES string of the molecule is CCCCCCCc1nc2ccccc2c(OCc2ccccc2)c1OS(C)(C)C(C)(C)C. The van der Waals surface area contributed by atoms with E-state index in [0.29, 0.717) is 6.61 Å². The maximum absolute atomic E-state index is 6.90. The highest BCUT2D eigenvalue weighted by molar-refractivity contribution is 8.30. The van der Waals surface area contributed by atoms with Crippen LogP contribution in [0.25, 0.3) is 10.9 Å². The van der Waals surface area contributed by atoms with Crippen molar-refractivity contribution in [2.75, 3.05) is 12.5 Å². The molecular formula is C29H41NO2S. The Labute approximate surface area is 202 Å². The molecule has 3 rings (SSSR count). The zero-order valence-corrected chi connectivity index (χ0v) is 22.1. The quantitative estimate of drug-likeness (QED) is 0.265. The van der Waals surface area contributed by atoms with Crippen molar-refractivity contribution in [1.29, 1.82) is 0 Å². The van der Waals surface area contributed by atoms with E-state index in [1.807, 2.05) is 12.1 Å². The molecule has 0 saturated heterocycles. The predicted octanol–water partition coefficient (Wildman–Crippen LogP) is 8.48. The third-order valence-corrected chi connectivity index (χ3v) is 9.91. The second-order valence-corrected chi connectivity index (χ2v) is 14.0. The molecular weight excluding hydrogens is 426 g/mol. The number of fused-ring (bicyclic) bond motifs is 1. The van der Waals surface area contributed by atoms with Crippen molar-refractivity contribution in [3.63, 3.8) is 0 Å². The number of para-hydroxylation sites is 1. The van der Waals surface area contributed by atoms with Gasteiger partial charge in [-0.1, -0.05) is 85.4 Å². The number of hydrogen-bond acceptors (Lipinski definition) is 3. The Morgan fingerprint density at radius 2 is 1.48 bits per heavy atom. The van der Waals surface area contributed by atoms with Crippen molar-refractivity contribution in [1.82, 2.24) is 4.98 Å². The molecule has 3 aromatic rings. The number of hydrogen-bond donors (Lipinski definition) is 0. The van der Waals surface area contributed by atoms with E-state index in [4.69, 9.17) is 13.9 Å². The molecule has 180 valence electrons. The van der Waals surface area contributed by atoms with Crippen LogP contribution in [0, 0.1) is 0 Å². The second kappa shape index (κ2) is 11.3. The fourth-order valence-corrected chi connectivity index (χ4v) is 4.41. The van der Waals surface area contributed by atoms with Crippen molar-refractivity contribution in [3.05, 3.63) is 65.9 Å². The van der Waals surface area contributed by atoms with Crippen LogP contribution in [0.5, 0.6) is 11.5 Å². The van der Waals surface area contributed by atoms with Crippen LogP contribution in [0.4, 0.5) is 0 Å². The topological polar surface area (TPSA) is 31.4 Å². The summed E-state index contributed by atoms with van der Waals surface area (Å²) in [4.78, 5) is 5.08. The zero-order valence-electron chi connectivity index (χ0n) is 21.3. The number of unbranched alkanes of at least 4 members (excludes halogenated alkanes) is 4. The Morgan fingerprint density at radius 1 is 0.818 bits per heavy atom. The summed E-state index contributed by atoms with van der Waals surface area (Å²) >= 11 is 0. The van der Waals surface area contributed by atoms with Gasteiger partial charge >= 0.3 is 0 Å². The van der Waals surface area contributed by atoms with Gasteiger partial charge in [-0.2, -0.15) is 0 Å². The van der Waals surface area contributed by atoms with E-state index in [0.717, 1.165) is 46.5 Å². The Morgan fingerprint density at radius 3 is 2.18 bits per heavy atom. The van der Waals surface area contributed by atoms with Crippen LogP contribution in [0.3, 0.4) is 0 Å². The Kier molecular flexibility index (Phi) is 8.69. The standard InChI is InChI=1S/C29H41NO2S/c1-7-8-9-10-14-21-26-28(32-33(5,6)29(2,3)4)27(24-19-15-16-20-25(24)30-26)31-22-23-17-12-11-13-18-23/h11-13,15-20H,7-10,14,21-22H2,1-6H3. The van der Waals surface area contributed by atoms with E-state index in [2.05, 4.69) is 82.7 Å². The van der Waals surface area contributed by atoms with Gasteiger partial charge in [0, 0.05) is 10.1 Å². The normalized spacial score (nSPS) is 12.7. The van der Waals surface area contributed by atoms with Crippen molar-refractivity contribution in [3.8, 4) is 11.5 Å². The molecule has 0 amide bonds. The predicted molar refractivity (Wildman–Crippen MR) is 145 cm³/mol. The highest BCUT2D eigenvalue weighted by Gasteiger charge is 2.32. The molecule has 0 unspecified atom stereocenters. The monoisotopic (exact) mass is 467 g/mol. The minimum Gasteiger partial charge on any atom is -0.484 e. The molecule has 0 aliphatic heterocycles. The number of rotatable bonds is 11. The molecule has 0 aliphatic carbocycles. The van der Waals surface area contributed by atoms with E-state index >= 15 is 0 Å². The first kappa shape index (κ1) is 25.4. The fraction of sp³-hybridized carbons (Fsp3) is 0.483. The molecule has 3 nitrogen and oxygen atoms in total. The first-order valence-corrected chi connectivity index (χ1v) is 14.6. The third-order valence-electron chi connectivity index (χ3n) is 6.38. The summed E-state index contributed by atoms with van der Waals surface area (Å²) in [5.74, 6) is 1.67. The van der Waals surface area contributed by atoms with Gasteiger partial charge in [0.2, 0.25) is 0 Å². The number of pyridine rings is 1. The number of ether oxygens (including phenoxy) is 1. The van der Waals surface area contributed by atoms with Crippen molar-refractivity contribution in [2.45, 2.75) is 77.6 Å². The van der Waals surface area contributed by atoms with Gasteiger partial charge in [-0.15, -0.1) is 0 Å². The van der Waals surface area contributed by atoms with Crippen molar-refractivity contribution >= 4 is 21.2 Å². The highest BCUT2D eigenvalue weighted by Crippen LogP contribution is 2.56. The van der Waals surface area contributed by atoms with Gasteiger partial charge in [0.1, 0.15) is 6.61 Å². The number of aryl methyl sites for hydroxylation is 1. The highest BCUT2D eigenvalue weighted by atomic mass is 32.3. The molecule has 0 saturated carbocycles. The summed E-state index contributed by atoms with van der Waals surface area (Å²) in [6.07, 6.45) is 11.6. The van der Waals surface area contributed by atoms with Gasteiger partial charge in [-0.3, -0.25) is 0 Å². The average molecular weight is 468 g/mol. The molecule has 0 N–H and O–H groups in total. The van der Waals surface area contributed by atoms with Gasteiger partial charge < -0.3 is 8.92 Å². The molecule has 0 radical (unpaired) electrons. The van der Waals surface area contributed by atoms with Crippen molar-refractivity contribution < 1.29 is 8.92 Å². The number of benzene rings is 2. The molecule has 0 atom stereocenters. The minimum atomic E-state index is -1.41. The lowest BCUT2D eigenvalue weighted by atomic mass is 10.1.